The summed E-state index contributed by atoms with van der Waals surface area (Å²) in [6.07, 6.45) is 0. The number of fused-ring (bicyclic) bond motifs is 3. The highest BCUT2D eigenvalue weighted by Crippen LogP contribution is 2.49. The molecule has 1 N–H and O–H groups in total. The molecule has 0 unspecified atom stereocenters. The van der Waals surface area contributed by atoms with Gasteiger partial charge < -0.3 is 19.5 Å². The van der Waals surface area contributed by atoms with Crippen LogP contribution in [0.5, 0.6) is 0 Å². The summed E-state index contributed by atoms with van der Waals surface area (Å²) in [7, 11) is 0. The lowest BCUT2D eigenvalue weighted by atomic mass is 9.87. The van der Waals surface area contributed by atoms with E-state index >= 15 is 0 Å². The molecule has 1 saturated heterocycles. The van der Waals surface area contributed by atoms with E-state index < -0.39 is 0 Å². The molecule has 0 aliphatic carbocycles. The smallest absolute Gasteiger partial charge is 0.192 e. The maximum Gasteiger partial charge on any atom is 0.192 e. The number of morpholine rings is 1. The molecular weight excluding hydrogens is 615 g/mol. The van der Waals surface area contributed by atoms with Crippen molar-refractivity contribution >= 4 is 62.1 Å². The first-order valence-electron chi connectivity index (χ1n) is 15.9. The number of aryl methyl sites for hydroxylation is 4. The van der Waals surface area contributed by atoms with Gasteiger partial charge in [0.05, 0.1) is 29.9 Å². The minimum atomic E-state index is 0.0580. The normalized spacial score (nSPS) is 15.7. The quantitative estimate of drug-likeness (QED) is 0.205. The van der Waals surface area contributed by atoms with Gasteiger partial charge in [-0.3, -0.25) is 9.78 Å². The number of anilines is 3. The molecule has 240 valence electrons. The summed E-state index contributed by atoms with van der Waals surface area (Å²) in [6, 6.07) is 14.6. The van der Waals surface area contributed by atoms with Gasteiger partial charge in [-0.05, 0) is 100 Å². The highest BCUT2D eigenvalue weighted by Gasteiger charge is 2.37. The molecule has 0 spiro atoms. The molecule has 4 heterocycles. The molecule has 5 aromatic rings. The molecule has 46 heavy (non-hydrogen) atoms. The Morgan fingerprint density at radius 1 is 0.848 bits per heavy atom. The standard InChI is InChI=1S/C26H30ClN3O.C12H12ClNO/c1-16-12-19(27)13-21-24(16)28-18(3)17(2)25(21)30-15-26(4,5)22-7-6-20(14-23(22)30)29-8-10-31-11-9-29;1-6-4-9(13)5-10-11(6)14-8(3)7(2)12(10)15/h6-7,12-14H,8-11,15H2,1-5H3;4-5H,1-3H3,(H,14,15). The molecule has 2 aliphatic rings. The summed E-state index contributed by atoms with van der Waals surface area (Å²) < 4.78 is 5.57. The van der Waals surface area contributed by atoms with Crippen LogP contribution in [0.15, 0.2) is 47.3 Å². The van der Waals surface area contributed by atoms with E-state index in [1.807, 2.05) is 32.9 Å². The molecule has 0 radical (unpaired) electrons. The molecule has 6 nitrogen and oxygen atoms in total. The molecule has 3 aromatic carbocycles. The van der Waals surface area contributed by atoms with Crippen LogP contribution < -0.4 is 15.2 Å². The number of benzene rings is 3. The van der Waals surface area contributed by atoms with Crippen LogP contribution in [0.2, 0.25) is 10.0 Å². The number of H-pyrrole nitrogens is 1. The maximum absolute atomic E-state index is 12.0. The van der Waals surface area contributed by atoms with Gasteiger partial charge in [-0.15, -0.1) is 0 Å². The van der Waals surface area contributed by atoms with Crippen LogP contribution in [-0.2, 0) is 10.2 Å². The van der Waals surface area contributed by atoms with Crippen molar-refractivity contribution in [1.82, 2.24) is 9.97 Å². The number of ether oxygens (including phenoxy) is 1. The Hall–Kier alpha value is -3.58. The Morgan fingerprint density at radius 3 is 2.20 bits per heavy atom. The molecule has 1 fully saturated rings. The van der Waals surface area contributed by atoms with Crippen molar-refractivity contribution < 1.29 is 4.74 Å². The lowest BCUT2D eigenvalue weighted by Gasteiger charge is -2.30. The van der Waals surface area contributed by atoms with Crippen LogP contribution in [0, 0.1) is 41.5 Å². The molecular formula is C38H42Cl2N4O2. The van der Waals surface area contributed by atoms with E-state index in [1.165, 1.54) is 28.2 Å². The third-order valence-electron chi connectivity index (χ3n) is 9.66. The predicted molar refractivity (Wildman–Crippen MR) is 194 cm³/mol. The third-order valence-corrected chi connectivity index (χ3v) is 10.1. The fourth-order valence-corrected chi connectivity index (χ4v) is 7.42. The second-order valence-corrected chi connectivity index (χ2v) is 14.3. The van der Waals surface area contributed by atoms with Crippen molar-refractivity contribution in [2.75, 3.05) is 42.6 Å². The summed E-state index contributed by atoms with van der Waals surface area (Å²) in [5.41, 5.74) is 13.3. The van der Waals surface area contributed by atoms with E-state index in [0.717, 1.165) is 82.4 Å². The van der Waals surface area contributed by atoms with Crippen molar-refractivity contribution in [1.29, 1.82) is 0 Å². The third kappa shape index (κ3) is 5.76. The van der Waals surface area contributed by atoms with Crippen LogP contribution in [0.1, 0.15) is 53.1 Å². The Bertz CT molecular complexity index is 2060. The van der Waals surface area contributed by atoms with Gasteiger partial charge in [0.2, 0.25) is 0 Å². The van der Waals surface area contributed by atoms with E-state index in [2.05, 4.69) is 73.7 Å². The fourth-order valence-electron chi connectivity index (χ4n) is 6.88. The lowest BCUT2D eigenvalue weighted by Crippen LogP contribution is -2.36. The minimum absolute atomic E-state index is 0.0580. The average Bonchev–Trinajstić information content (AvgIpc) is 3.28. The van der Waals surface area contributed by atoms with Gasteiger partial charge in [0.15, 0.2) is 5.43 Å². The van der Waals surface area contributed by atoms with Crippen molar-refractivity contribution in [3.63, 3.8) is 0 Å². The molecule has 8 heteroatoms. The Balaban J connectivity index is 0.000000208. The molecule has 2 aliphatic heterocycles. The number of hydrogen-bond acceptors (Lipinski definition) is 5. The van der Waals surface area contributed by atoms with E-state index in [-0.39, 0.29) is 10.8 Å². The summed E-state index contributed by atoms with van der Waals surface area (Å²) in [5, 5.41) is 3.17. The summed E-state index contributed by atoms with van der Waals surface area (Å²) in [6.45, 7) is 21.1. The first kappa shape index (κ1) is 32.4. The summed E-state index contributed by atoms with van der Waals surface area (Å²) in [5.74, 6) is 0. The second-order valence-electron chi connectivity index (χ2n) is 13.4. The predicted octanol–water partition coefficient (Wildman–Crippen LogP) is 9.19. The monoisotopic (exact) mass is 656 g/mol. The Kier molecular flexibility index (Phi) is 8.60. The van der Waals surface area contributed by atoms with E-state index in [4.69, 9.17) is 32.9 Å². The first-order valence-corrected chi connectivity index (χ1v) is 16.6. The van der Waals surface area contributed by atoms with Crippen LogP contribution >= 0.6 is 23.2 Å². The minimum Gasteiger partial charge on any atom is -0.378 e. The summed E-state index contributed by atoms with van der Waals surface area (Å²) in [4.78, 5) is 25.1. The number of aromatic amines is 1. The molecule has 7 rings (SSSR count). The fraction of sp³-hybridized carbons (Fsp3) is 0.368. The SMILES string of the molecule is Cc1[nH]c2c(C)cc(Cl)cc2c(=O)c1C.Cc1nc2c(C)cc(Cl)cc2c(N2CC(C)(C)c3ccc(N4CCOCC4)cc32)c1C. The maximum atomic E-state index is 12.0. The van der Waals surface area contributed by atoms with E-state index in [9.17, 15) is 4.79 Å². The topological polar surface area (TPSA) is 61.5 Å². The number of aromatic nitrogens is 2. The van der Waals surface area contributed by atoms with Crippen LogP contribution in [0.3, 0.4) is 0 Å². The molecule has 0 amide bonds. The van der Waals surface area contributed by atoms with Gasteiger partial charge in [0.25, 0.3) is 0 Å². The average molecular weight is 658 g/mol. The number of rotatable bonds is 2. The van der Waals surface area contributed by atoms with E-state index in [1.54, 1.807) is 6.07 Å². The van der Waals surface area contributed by atoms with E-state index in [0.29, 0.717) is 10.4 Å². The van der Waals surface area contributed by atoms with Crippen molar-refractivity contribution in [3.05, 3.63) is 102 Å². The van der Waals surface area contributed by atoms with Crippen molar-refractivity contribution in [2.45, 2.75) is 60.8 Å². The summed E-state index contributed by atoms with van der Waals surface area (Å²) >= 11 is 12.4. The lowest BCUT2D eigenvalue weighted by molar-refractivity contribution is 0.122. The largest absolute Gasteiger partial charge is 0.378 e. The number of nitrogens with one attached hydrogen (secondary N) is 1. The second kappa shape index (κ2) is 12.2. The van der Waals surface area contributed by atoms with Gasteiger partial charge in [-0.1, -0.05) is 43.1 Å². The van der Waals surface area contributed by atoms with Gasteiger partial charge in [0.1, 0.15) is 0 Å². The number of hydrogen-bond donors (Lipinski definition) is 1. The Morgan fingerprint density at radius 2 is 1.50 bits per heavy atom. The van der Waals surface area contributed by atoms with Gasteiger partial charge >= 0.3 is 0 Å². The zero-order chi connectivity index (χ0) is 33.1. The Labute approximate surface area is 281 Å². The van der Waals surface area contributed by atoms with Crippen molar-refractivity contribution in [3.8, 4) is 0 Å². The highest BCUT2D eigenvalue weighted by molar-refractivity contribution is 6.32. The van der Waals surface area contributed by atoms with Gasteiger partial charge in [0, 0.05) is 74.2 Å². The van der Waals surface area contributed by atoms with Crippen molar-refractivity contribution in [2.24, 2.45) is 0 Å². The number of halogens is 2. The zero-order valence-electron chi connectivity index (χ0n) is 28.0. The molecule has 2 aromatic heterocycles. The molecule has 0 saturated carbocycles. The number of nitrogens with zero attached hydrogens (tertiary/aromatic N) is 3. The molecule has 0 bridgehead atoms. The zero-order valence-corrected chi connectivity index (χ0v) is 29.5. The van der Waals surface area contributed by atoms with Crippen LogP contribution in [0.4, 0.5) is 17.1 Å². The van der Waals surface area contributed by atoms with Crippen LogP contribution in [-0.4, -0.2) is 42.8 Å². The highest BCUT2D eigenvalue weighted by atomic mass is 35.5. The number of pyridine rings is 2. The van der Waals surface area contributed by atoms with Gasteiger partial charge in [-0.25, -0.2) is 0 Å². The molecule has 0 atom stereocenters. The first-order chi connectivity index (χ1) is 21.8. The van der Waals surface area contributed by atoms with Gasteiger partial charge in [-0.2, -0.15) is 0 Å². The van der Waals surface area contributed by atoms with Crippen LogP contribution in [0.25, 0.3) is 21.8 Å².